The van der Waals surface area contributed by atoms with Gasteiger partial charge in [-0.3, -0.25) is 4.79 Å². The minimum absolute atomic E-state index is 0.181. The fourth-order valence-electron chi connectivity index (χ4n) is 3.76. The van der Waals surface area contributed by atoms with Crippen molar-refractivity contribution < 1.29 is 17.9 Å². The van der Waals surface area contributed by atoms with Crippen molar-refractivity contribution in [1.82, 2.24) is 9.62 Å². The summed E-state index contributed by atoms with van der Waals surface area (Å²) in [6, 6.07) is 14.2. The number of aryl methyl sites for hydroxylation is 1. The molecule has 2 aromatic rings. The van der Waals surface area contributed by atoms with Gasteiger partial charge in [-0.05, 0) is 68.4 Å². The van der Waals surface area contributed by atoms with Gasteiger partial charge in [0.15, 0.2) is 0 Å². The van der Waals surface area contributed by atoms with Crippen LogP contribution in [0.25, 0.3) is 0 Å². The Morgan fingerprint density at radius 2 is 1.87 bits per heavy atom. The molecular formula is C24H32N2O4S. The Morgan fingerprint density at radius 3 is 2.61 bits per heavy atom. The van der Waals surface area contributed by atoms with Crippen LogP contribution in [0.3, 0.4) is 0 Å². The molecule has 1 amide bonds. The van der Waals surface area contributed by atoms with Crippen LogP contribution in [0.1, 0.15) is 49.0 Å². The summed E-state index contributed by atoms with van der Waals surface area (Å²) in [6.45, 7) is 6.28. The second kappa shape index (κ2) is 10.8. The maximum atomic E-state index is 13.0. The summed E-state index contributed by atoms with van der Waals surface area (Å²) < 4.78 is 33.1. The van der Waals surface area contributed by atoms with Crippen LogP contribution in [0.2, 0.25) is 0 Å². The summed E-state index contributed by atoms with van der Waals surface area (Å²) >= 11 is 0. The molecule has 0 saturated carbocycles. The lowest BCUT2D eigenvalue weighted by Gasteiger charge is -2.29. The number of nitrogens with one attached hydrogen (secondary N) is 1. The third kappa shape index (κ3) is 6.08. The molecule has 0 atom stereocenters. The molecule has 0 radical (unpaired) electrons. The standard InChI is InChI=1S/C24H32N2O4S/c1-3-30-23-12-5-4-8-20(23)10-7-15-25-24(27)21-9-6-11-22(18-21)31(28,29)26-16-13-19(2)14-17-26/h4-6,8-9,11-12,18-19H,3,7,10,13-17H2,1-2H3,(H,25,27). The quantitative estimate of drug-likeness (QED) is 0.596. The number of para-hydroxylation sites is 1. The molecule has 0 aromatic heterocycles. The first-order chi connectivity index (χ1) is 14.9. The summed E-state index contributed by atoms with van der Waals surface area (Å²) in [5, 5.41) is 2.90. The number of hydrogen-bond donors (Lipinski definition) is 1. The van der Waals surface area contributed by atoms with Crippen molar-refractivity contribution in [2.45, 2.75) is 44.4 Å². The van der Waals surface area contributed by atoms with E-state index < -0.39 is 10.0 Å². The van der Waals surface area contributed by atoms with Gasteiger partial charge in [-0.15, -0.1) is 0 Å². The highest BCUT2D eigenvalue weighted by Gasteiger charge is 2.28. The van der Waals surface area contributed by atoms with Crippen LogP contribution >= 0.6 is 0 Å². The van der Waals surface area contributed by atoms with E-state index in [2.05, 4.69) is 12.2 Å². The second-order valence-corrected chi connectivity index (χ2v) is 9.95. The van der Waals surface area contributed by atoms with Gasteiger partial charge in [0.2, 0.25) is 10.0 Å². The van der Waals surface area contributed by atoms with Gasteiger partial charge in [0, 0.05) is 25.2 Å². The zero-order chi connectivity index (χ0) is 22.3. The lowest BCUT2D eigenvalue weighted by atomic mass is 10.0. The van der Waals surface area contributed by atoms with Crippen molar-refractivity contribution >= 4 is 15.9 Å². The van der Waals surface area contributed by atoms with Crippen LogP contribution in [0.5, 0.6) is 5.75 Å². The molecule has 7 heteroatoms. The Balaban J connectivity index is 1.57. The largest absolute Gasteiger partial charge is 0.494 e. The molecule has 1 N–H and O–H groups in total. The normalized spacial score (nSPS) is 15.5. The van der Waals surface area contributed by atoms with Crippen molar-refractivity contribution in [2.24, 2.45) is 5.92 Å². The van der Waals surface area contributed by atoms with Crippen LogP contribution in [0.15, 0.2) is 53.4 Å². The van der Waals surface area contributed by atoms with Crippen LogP contribution in [-0.2, 0) is 16.4 Å². The van der Waals surface area contributed by atoms with Crippen molar-refractivity contribution in [3.63, 3.8) is 0 Å². The van der Waals surface area contributed by atoms with Crippen LogP contribution < -0.4 is 10.1 Å². The molecule has 1 fully saturated rings. The maximum absolute atomic E-state index is 13.0. The topological polar surface area (TPSA) is 75.7 Å². The number of nitrogens with zero attached hydrogens (tertiary/aromatic N) is 1. The first-order valence-electron chi connectivity index (χ1n) is 11.0. The van der Waals surface area contributed by atoms with Gasteiger partial charge in [0.05, 0.1) is 11.5 Å². The van der Waals surface area contributed by atoms with Crippen LogP contribution in [0, 0.1) is 5.92 Å². The second-order valence-electron chi connectivity index (χ2n) is 8.01. The molecule has 2 aromatic carbocycles. The molecule has 0 aliphatic carbocycles. The van der Waals surface area contributed by atoms with Crippen LogP contribution in [-0.4, -0.2) is 44.9 Å². The molecule has 31 heavy (non-hydrogen) atoms. The number of piperidine rings is 1. The Bertz CT molecular complexity index is 983. The predicted octanol–water partition coefficient (Wildman–Crippen LogP) is 3.87. The number of ether oxygens (including phenoxy) is 1. The molecule has 1 saturated heterocycles. The van der Waals surface area contributed by atoms with Gasteiger partial charge >= 0.3 is 0 Å². The minimum Gasteiger partial charge on any atom is -0.494 e. The molecule has 3 rings (SSSR count). The van der Waals surface area contributed by atoms with E-state index in [1.54, 1.807) is 18.2 Å². The molecule has 1 heterocycles. The van der Waals surface area contributed by atoms with E-state index in [0.717, 1.165) is 37.0 Å². The lowest BCUT2D eigenvalue weighted by molar-refractivity contribution is 0.0953. The summed E-state index contributed by atoms with van der Waals surface area (Å²) in [6.07, 6.45) is 3.29. The first-order valence-corrected chi connectivity index (χ1v) is 12.4. The first kappa shape index (κ1) is 23.3. The lowest BCUT2D eigenvalue weighted by Crippen LogP contribution is -2.38. The van der Waals surface area contributed by atoms with E-state index in [1.165, 1.54) is 10.4 Å². The number of carbonyl (C=O) groups is 1. The van der Waals surface area contributed by atoms with Gasteiger partial charge in [-0.2, -0.15) is 4.31 Å². The Morgan fingerprint density at radius 1 is 1.13 bits per heavy atom. The number of sulfonamides is 1. The van der Waals surface area contributed by atoms with Crippen molar-refractivity contribution in [2.75, 3.05) is 26.2 Å². The van der Waals surface area contributed by atoms with Crippen molar-refractivity contribution in [3.05, 3.63) is 59.7 Å². The predicted molar refractivity (Wildman–Crippen MR) is 122 cm³/mol. The molecule has 1 aliphatic rings. The van der Waals surface area contributed by atoms with E-state index in [9.17, 15) is 13.2 Å². The van der Waals surface area contributed by atoms with E-state index in [0.29, 0.717) is 37.7 Å². The number of benzene rings is 2. The molecule has 0 bridgehead atoms. The van der Waals surface area contributed by atoms with E-state index in [4.69, 9.17) is 4.74 Å². The summed E-state index contributed by atoms with van der Waals surface area (Å²) in [5.41, 5.74) is 1.48. The molecule has 6 nitrogen and oxygen atoms in total. The van der Waals surface area contributed by atoms with Crippen molar-refractivity contribution in [1.29, 1.82) is 0 Å². The summed E-state index contributed by atoms with van der Waals surface area (Å²) in [7, 11) is -3.57. The van der Waals surface area contributed by atoms with Gasteiger partial charge in [-0.25, -0.2) is 8.42 Å². The Labute approximate surface area is 185 Å². The third-order valence-corrected chi connectivity index (χ3v) is 7.55. The molecule has 1 aliphatic heterocycles. The molecule has 0 unspecified atom stereocenters. The number of carbonyl (C=O) groups excluding carboxylic acids is 1. The fraction of sp³-hybridized carbons (Fsp3) is 0.458. The van der Waals surface area contributed by atoms with E-state index >= 15 is 0 Å². The maximum Gasteiger partial charge on any atom is 0.251 e. The minimum atomic E-state index is -3.57. The summed E-state index contributed by atoms with van der Waals surface area (Å²) in [4.78, 5) is 12.8. The van der Waals surface area contributed by atoms with Crippen molar-refractivity contribution in [3.8, 4) is 5.75 Å². The van der Waals surface area contributed by atoms with Gasteiger partial charge in [0.1, 0.15) is 5.75 Å². The zero-order valence-electron chi connectivity index (χ0n) is 18.3. The third-order valence-electron chi connectivity index (χ3n) is 5.66. The van der Waals surface area contributed by atoms with Crippen LogP contribution in [0.4, 0.5) is 0 Å². The van der Waals surface area contributed by atoms with E-state index in [1.807, 2.05) is 31.2 Å². The fourth-order valence-corrected chi connectivity index (χ4v) is 5.28. The van der Waals surface area contributed by atoms with Gasteiger partial charge in [-0.1, -0.05) is 31.2 Å². The zero-order valence-corrected chi connectivity index (χ0v) is 19.2. The average Bonchev–Trinajstić information content (AvgIpc) is 2.78. The highest BCUT2D eigenvalue weighted by molar-refractivity contribution is 7.89. The number of rotatable bonds is 9. The Kier molecular flexibility index (Phi) is 8.09. The highest BCUT2D eigenvalue weighted by atomic mass is 32.2. The number of hydrogen-bond acceptors (Lipinski definition) is 4. The number of amides is 1. The van der Waals surface area contributed by atoms with Gasteiger partial charge in [0.25, 0.3) is 5.91 Å². The SMILES string of the molecule is CCOc1ccccc1CCCNC(=O)c1cccc(S(=O)(=O)N2CCC(C)CC2)c1. The smallest absolute Gasteiger partial charge is 0.251 e. The molecular weight excluding hydrogens is 412 g/mol. The average molecular weight is 445 g/mol. The summed E-state index contributed by atoms with van der Waals surface area (Å²) in [5.74, 6) is 1.16. The Hall–Kier alpha value is -2.38. The monoisotopic (exact) mass is 444 g/mol. The highest BCUT2D eigenvalue weighted by Crippen LogP contribution is 2.24. The van der Waals surface area contributed by atoms with E-state index in [-0.39, 0.29) is 10.8 Å². The molecule has 0 spiro atoms. The molecule has 168 valence electrons. The van der Waals surface area contributed by atoms with Gasteiger partial charge < -0.3 is 10.1 Å².